The number of nitrogens with one attached hydrogen (secondary N) is 1. The van der Waals surface area contributed by atoms with E-state index in [0.717, 1.165) is 18.0 Å². The average Bonchev–Trinajstić information content (AvgIpc) is 2.96. The Morgan fingerprint density at radius 2 is 2.05 bits per heavy atom. The van der Waals surface area contributed by atoms with Crippen molar-refractivity contribution >= 4 is 11.3 Å². The molecule has 0 aliphatic heterocycles. The van der Waals surface area contributed by atoms with Gasteiger partial charge >= 0.3 is 0 Å². The Labute approximate surface area is 124 Å². The summed E-state index contributed by atoms with van der Waals surface area (Å²) in [6, 6.07) is 10.6. The van der Waals surface area contributed by atoms with E-state index in [-0.39, 0.29) is 0 Å². The number of hydrogen-bond donors (Lipinski definition) is 1. The van der Waals surface area contributed by atoms with E-state index in [4.69, 9.17) is 9.47 Å². The SMILES string of the molecule is COc1ccc(CNC(C)C)cc1OCc1cccs1. The Morgan fingerprint density at radius 3 is 2.70 bits per heavy atom. The van der Waals surface area contributed by atoms with Crippen LogP contribution in [0.4, 0.5) is 0 Å². The molecule has 0 saturated carbocycles. The van der Waals surface area contributed by atoms with Crippen LogP contribution >= 0.6 is 11.3 Å². The summed E-state index contributed by atoms with van der Waals surface area (Å²) >= 11 is 1.70. The minimum atomic E-state index is 0.465. The molecule has 0 atom stereocenters. The molecule has 1 aromatic carbocycles. The van der Waals surface area contributed by atoms with Gasteiger partial charge in [0.15, 0.2) is 11.5 Å². The number of hydrogen-bond acceptors (Lipinski definition) is 4. The Bertz CT molecular complexity index is 523. The maximum absolute atomic E-state index is 5.88. The van der Waals surface area contributed by atoms with Gasteiger partial charge in [-0.15, -0.1) is 11.3 Å². The molecule has 2 aromatic rings. The van der Waals surface area contributed by atoms with E-state index >= 15 is 0 Å². The molecular weight excluding hydrogens is 270 g/mol. The molecule has 1 N–H and O–H groups in total. The molecule has 1 heterocycles. The number of methoxy groups -OCH3 is 1. The van der Waals surface area contributed by atoms with Gasteiger partial charge in [-0.2, -0.15) is 0 Å². The van der Waals surface area contributed by atoms with Gasteiger partial charge in [0.2, 0.25) is 0 Å². The van der Waals surface area contributed by atoms with Gasteiger partial charge in [-0.3, -0.25) is 0 Å². The summed E-state index contributed by atoms with van der Waals surface area (Å²) in [6.45, 7) is 5.68. The fraction of sp³-hybridized carbons (Fsp3) is 0.375. The molecule has 20 heavy (non-hydrogen) atoms. The summed E-state index contributed by atoms with van der Waals surface area (Å²) in [5, 5.41) is 5.46. The minimum Gasteiger partial charge on any atom is -0.493 e. The molecule has 0 spiro atoms. The first-order valence-corrected chi connectivity index (χ1v) is 7.62. The first-order chi connectivity index (χ1) is 9.69. The third-order valence-electron chi connectivity index (χ3n) is 2.89. The smallest absolute Gasteiger partial charge is 0.162 e. The van der Waals surface area contributed by atoms with E-state index in [9.17, 15) is 0 Å². The Kier molecular flexibility index (Phi) is 5.44. The van der Waals surface area contributed by atoms with Crippen molar-refractivity contribution in [3.8, 4) is 11.5 Å². The molecule has 108 valence electrons. The number of rotatable bonds is 7. The third-order valence-corrected chi connectivity index (χ3v) is 3.74. The Hall–Kier alpha value is -1.52. The van der Waals surface area contributed by atoms with Crippen molar-refractivity contribution in [1.29, 1.82) is 0 Å². The zero-order valence-electron chi connectivity index (χ0n) is 12.2. The van der Waals surface area contributed by atoms with Crippen molar-refractivity contribution < 1.29 is 9.47 Å². The molecule has 0 bridgehead atoms. The van der Waals surface area contributed by atoms with Crippen LogP contribution in [-0.4, -0.2) is 13.2 Å². The highest BCUT2D eigenvalue weighted by Crippen LogP contribution is 2.29. The highest BCUT2D eigenvalue weighted by atomic mass is 32.1. The van der Waals surface area contributed by atoms with Crippen LogP contribution in [0.25, 0.3) is 0 Å². The van der Waals surface area contributed by atoms with E-state index in [1.54, 1.807) is 18.4 Å². The van der Waals surface area contributed by atoms with Gasteiger partial charge in [0.05, 0.1) is 7.11 Å². The van der Waals surface area contributed by atoms with Crippen LogP contribution in [0.3, 0.4) is 0 Å². The first kappa shape index (κ1) is 14.9. The Balaban J connectivity index is 2.05. The van der Waals surface area contributed by atoms with Gasteiger partial charge in [-0.05, 0) is 29.1 Å². The second-order valence-electron chi connectivity index (χ2n) is 4.89. The monoisotopic (exact) mass is 291 g/mol. The highest BCUT2D eigenvalue weighted by Gasteiger charge is 2.07. The second-order valence-corrected chi connectivity index (χ2v) is 5.92. The fourth-order valence-corrected chi connectivity index (χ4v) is 2.43. The van der Waals surface area contributed by atoms with E-state index in [1.165, 1.54) is 10.4 Å². The fourth-order valence-electron chi connectivity index (χ4n) is 1.81. The van der Waals surface area contributed by atoms with Gasteiger partial charge in [-0.25, -0.2) is 0 Å². The van der Waals surface area contributed by atoms with E-state index < -0.39 is 0 Å². The maximum atomic E-state index is 5.88. The molecule has 0 fully saturated rings. The molecule has 1 aromatic heterocycles. The van der Waals surface area contributed by atoms with Crippen molar-refractivity contribution in [2.45, 2.75) is 33.0 Å². The van der Waals surface area contributed by atoms with Crippen LogP contribution < -0.4 is 14.8 Å². The molecule has 3 nitrogen and oxygen atoms in total. The third kappa shape index (κ3) is 4.25. The lowest BCUT2D eigenvalue weighted by atomic mass is 10.2. The minimum absolute atomic E-state index is 0.465. The first-order valence-electron chi connectivity index (χ1n) is 6.74. The van der Waals surface area contributed by atoms with Gasteiger partial charge in [0.1, 0.15) is 6.61 Å². The van der Waals surface area contributed by atoms with Crippen molar-refractivity contribution in [2.75, 3.05) is 7.11 Å². The molecule has 0 amide bonds. The predicted octanol–water partition coefficient (Wildman–Crippen LogP) is 3.83. The topological polar surface area (TPSA) is 30.5 Å². The molecular formula is C16H21NO2S. The lowest BCUT2D eigenvalue weighted by Crippen LogP contribution is -2.21. The second kappa shape index (κ2) is 7.31. The van der Waals surface area contributed by atoms with Crippen LogP contribution in [0.5, 0.6) is 11.5 Å². The van der Waals surface area contributed by atoms with Crippen LogP contribution in [-0.2, 0) is 13.2 Å². The summed E-state index contributed by atoms with van der Waals surface area (Å²) < 4.78 is 11.2. The zero-order chi connectivity index (χ0) is 14.4. The number of thiophene rings is 1. The van der Waals surface area contributed by atoms with Gasteiger partial charge < -0.3 is 14.8 Å². The summed E-state index contributed by atoms with van der Waals surface area (Å²) in [5.74, 6) is 1.57. The summed E-state index contributed by atoms with van der Waals surface area (Å²) in [6.07, 6.45) is 0. The normalized spacial score (nSPS) is 10.8. The largest absolute Gasteiger partial charge is 0.493 e. The van der Waals surface area contributed by atoms with Crippen molar-refractivity contribution in [3.63, 3.8) is 0 Å². The average molecular weight is 291 g/mol. The van der Waals surface area contributed by atoms with Crippen LogP contribution in [0.1, 0.15) is 24.3 Å². The molecule has 0 aliphatic carbocycles. The van der Waals surface area contributed by atoms with Gasteiger partial charge in [-0.1, -0.05) is 26.0 Å². The van der Waals surface area contributed by atoms with Gasteiger partial charge in [0.25, 0.3) is 0 Å². The Morgan fingerprint density at radius 1 is 1.20 bits per heavy atom. The molecule has 0 aliphatic rings. The summed E-state index contributed by atoms with van der Waals surface area (Å²) in [4.78, 5) is 1.21. The number of ether oxygens (including phenoxy) is 2. The van der Waals surface area contributed by atoms with E-state index in [1.807, 2.05) is 18.2 Å². The van der Waals surface area contributed by atoms with E-state index in [0.29, 0.717) is 12.6 Å². The number of benzene rings is 1. The summed E-state index contributed by atoms with van der Waals surface area (Å²) in [7, 11) is 1.67. The van der Waals surface area contributed by atoms with Crippen molar-refractivity contribution in [1.82, 2.24) is 5.32 Å². The predicted molar refractivity (Wildman–Crippen MR) is 83.6 cm³/mol. The maximum Gasteiger partial charge on any atom is 0.162 e. The van der Waals surface area contributed by atoms with Crippen LogP contribution in [0.15, 0.2) is 35.7 Å². The lowest BCUT2D eigenvalue weighted by Gasteiger charge is -2.13. The molecule has 0 saturated heterocycles. The van der Waals surface area contributed by atoms with Crippen LogP contribution in [0.2, 0.25) is 0 Å². The summed E-state index contributed by atoms with van der Waals surface area (Å²) in [5.41, 5.74) is 1.20. The van der Waals surface area contributed by atoms with Gasteiger partial charge in [0, 0.05) is 17.5 Å². The van der Waals surface area contributed by atoms with Crippen molar-refractivity contribution in [2.24, 2.45) is 0 Å². The lowest BCUT2D eigenvalue weighted by molar-refractivity contribution is 0.287. The molecule has 0 radical (unpaired) electrons. The van der Waals surface area contributed by atoms with Crippen LogP contribution in [0, 0.1) is 0 Å². The highest BCUT2D eigenvalue weighted by molar-refractivity contribution is 7.09. The zero-order valence-corrected chi connectivity index (χ0v) is 13.0. The molecule has 2 rings (SSSR count). The molecule has 0 unspecified atom stereocenters. The van der Waals surface area contributed by atoms with Crippen molar-refractivity contribution in [3.05, 3.63) is 46.2 Å². The quantitative estimate of drug-likeness (QED) is 0.841. The molecule has 4 heteroatoms. The standard InChI is InChI=1S/C16H21NO2S/c1-12(2)17-10-13-6-7-15(18-3)16(9-13)19-11-14-5-4-8-20-14/h4-9,12,17H,10-11H2,1-3H3. The van der Waals surface area contributed by atoms with E-state index in [2.05, 4.69) is 36.7 Å².